The van der Waals surface area contributed by atoms with Gasteiger partial charge in [0.2, 0.25) is 5.91 Å². The van der Waals surface area contributed by atoms with Gasteiger partial charge in [0.15, 0.2) is 0 Å². The monoisotopic (exact) mass is 253 g/mol. The molecule has 18 heavy (non-hydrogen) atoms. The topological polar surface area (TPSA) is 125 Å². The molecule has 0 saturated heterocycles. The maximum atomic E-state index is 11.0. The summed E-state index contributed by atoms with van der Waals surface area (Å²) in [6.45, 7) is -0.359. The molecule has 0 unspecified atom stereocenters. The van der Waals surface area contributed by atoms with Crippen molar-refractivity contribution in [1.29, 1.82) is 0 Å². The van der Waals surface area contributed by atoms with E-state index in [0.717, 1.165) is 0 Å². The van der Waals surface area contributed by atoms with E-state index >= 15 is 0 Å². The minimum Gasteiger partial charge on any atom is -0.445 e. The van der Waals surface area contributed by atoms with Crippen LogP contribution in [0.25, 0.3) is 0 Å². The number of benzene rings is 1. The molecular formula is C10H11N3O5. The second-order valence-electron chi connectivity index (χ2n) is 3.32. The van der Waals surface area contributed by atoms with E-state index in [0.29, 0.717) is 5.56 Å². The first-order valence-electron chi connectivity index (χ1n) is 4.91. The number of alkyl carbamates (subject to hydrolysis) is 1. The maximum absolute atomic E-state index is 11.0. The Bertz CT molecular complexity index is 457. The minimum absolute atomic E-state index is 0.0445. The van der Waals surface area contributed by atoms with Crippen LogP contribution in [0.5, 0.6) is 0 Å². The highest BCUT2D eigenvalue weighted by Gasteiger charge is 2.06. The minimum atomic E-state index is -0.785. The van der Waals surface area contributed by atoms with Crippen LogP contribution in [0.15, 0.2) is 24.3 Å². The van der Waals surface area contributed by atoms with E-state index in [4.69, 9.17) is 10.5 Å². The summed E-state index contributed by atoms with van der Waals surface area (Å²) in [4.78, 5) is 31.3. The van der Waals surface area contributed by atoms with Crippen molar-refractivity contribution in [3.8, 4) is 0 Å². The summed E-state index contributed by atoms with van der Waals surface area (Å²) in [5, 5.41) is 12.5. The van der Waals surface area contributed by atoms with Gasteiger partial charge in [0.05, 0.1) is 11.5 Å². The molecule has 0 aliphatic heterocycles. The van der Waals surface area contributed by atoms with Gasteiger partial charge in [0, 0.05) is 12.1 Å². The Morgan fingerprint density at radius 3 is 2.44 bits per heavy atom. The van der Waals surface area contributed by atoms with Crippen molar-refractivity contribution in [1.82, 2.24) is 5.32 Å². The van der Waals surface area contributed by atoms with Crippen molar-refractivity contribution in [3.63, 3.8) is 0 Å². The van der Waals surface area contributed by atoms with Crippen molar-refractivity contribution in [2.75, 3.05) is 6.54 Å². The number of ether oxygens (including phenoxy) is 1. The molecule has 0 aliphatic rings. The van der Waals surface area contributed by atoms with Gasteiger partial charge in [-0.25, -0.2) is 4.79 Å². The van der Waals surface area contributed by atoms with Crippen LogP contribution in [0.4, 0.5) is 10.5 Å². The second kappa shape index (κ2) is 6.18. The molecule has 0 heterocycles. The third-order valence-corrected chi connectivity index (χ3v) is 1.92. The van der Waals surface area contributed by atoms with Crippen LogP contribution in [-0.2, 0) is 16.1 Å². The number of rotatable bonds is 5. The van der Waals surface area contributed by atoms with Gasteiger partial charge in [-0.3, -0.25) is 14.9 Å². The van der Waals surface area contributed by atoms with Crippen molar-refractivity contribution in [2.24, 2.45) is 5.73 Å². The van der Waals surface area contributed by atoms with Gasteiger partial charge < -0.3 is 15.8 Å². The molecule has 1 rings (SSSR count). The van der Waals surface area contributed by atoms with Gasteiger partial charge in [-0.2, -0.15) is 0 Å². The number of non-ortho nitro benzene ring substituents is 1. The molecule has 2 amide bonds. The molecule has 8 heteroatoms. The summed E-state index contributed by atoms with van der Waals surface area (Å²) in [6, 6.07) is 5.55. The predicted molar refractivity (Wildman–Crippen MR) is 60.5 cm³/mol. The summed E-state index contributed by atoms with van der Waals surface area (Å²) in [5.41, 5.74) is 5.37. The van der Waals surface area contributed by atoms with Gasteiger partial charge >= 0.3 is 6.09 Å². The number of nitrogens with one attached hydrogen (secondary N) is 1. The van der Waals surface area contributed by atoms with E-state index in [-0.39, 0.29) is 18.8 Å². The number of primary amides is 1. The number of carbonyl (C=O) groups excluding carboxylic acids is 2. The Balaban J connectivity index is 2.41. The van der Waals surface area contributed by atoms with E-state index < -0.39 is 16.9 Å². The van der Waals surface area contributed by atoms with E-state index in [1.165, 1.54) is 24.3 Å². The first-order chi connectivity index (χ1) is 8.49. The first kappa shape index (κ1) is 13.4. The summed E-state index contributed by atoms with van der Waals surface area (Å²) in [5.74, 6) is -0.678. The van der Waals surface area contributed by atoms with Gasteiger partial charge in [0.25, 0.3) is 5.69 Å². The SMILES string of the molecule is NC(=O)CNC(=O)OCc1ccc([N+](=O)[O-])cc1. The molecular weight excluding hydrogens is 242 g/mol. The fraction of sp³-hybridized carbons (Fsp3) is 0.200. The predicted octanol–water partition coefficient (Wildman–Crippen LogP) is 0.306. The van der Waals surface area contributed by atoms with Crippen LogP contribution in [0.2, 0.25) is 0 Å². The van der Waals surface area contributed by atoms with E-state index in [1.54, 1.807) is 0 Å². The highest BCUT2D eigenvalue weighted by molar-refractivity contribution is 5.80. The van der Waals surface area contributed by atoms with Crippen LogP contribution in [0.3, 0.4) is 0 Å². The van der Waals surface area contributed by atoms with Crippen LogP contribution >= 0.6 is 0 Å². The van der Waals surface area contributed by atoms with E-state index in [1.807, 2.05) is 0 Å². The number of carbonyl (C=O) groups is 2. The fourth-order valence-corrected chi connectivity index (χ4v) is 1.07. The standard InChI is InChI=1S/C10H11N3O5/c11-9(14)5-12-10(15)18-6-7-1-3-8(4-2-7)13(16)17/h1-4H,5-6H2,(H2,11,14)(H,12,15). The number of nitro groups is 1. The summed E-state index contributed by atoms with van der Waals surface area (Å²) < 4.78 is 4.75. The lowest BCUT2D eigenvalue weighted by Crippen LogP contribution is -2.33. The third-order valence-electron chi connectivity index (χ3n) is 1.92. The van der Waals surface area contributed by atoms with Crippen molar-refractivity contribution in [3.05, 3.63) is 39.9 Å². The fourth-order valence-electron chi connectivity index (χ4n) is 1.07. The van der Waals surface area contributed by atoms with Crippen LogP contribution in [0.1, 0.15) is 5.56 Å². The van der Waals surface area contributed by atoms with Gasteiger partial charge in [-0.05, 0) is 17.7 Å². The summed E-state index contributed by atoms with van der Waals surface area (Å²) >= 11 is 0. The smallest absolute Gasteiger partial charge is 0.407 e. The number of nitro benzene ring substituents is 1. The average molecular weight is 253 g/mol. The molecule has 0 bridgehead atoms. The molecule has 0 radical (unpaired) electrons. The zero-order valence-corrected chi connectivity index (χ0v) is 9.29. The van der Waals surface area contributed by atoms with Crippen LogP contribution < -0.4 is 11.1 Å². The zero-order valence-electron chi connectivity index (χ0n) is 9.29. The average Bonchev–Trinajstić information content (AvgIpc) is 2.34. The molecule has 1 aromatic carbocycles. The molecule has 0 saturated carbocycles. The van der Waals surface area contributed by atoms with E-state index in [2.05, 4.69) is 5.32 Å². The molecule has 0 aliphatic carbocycles. The van der Waals surface area contributed by atoms with Crippen molar-refractivity contribution in [2.45, 2.75) is 6.61 Å². The Morgan fingerprint density at radius 2 is 1.94 bits per heavy atom. The first-order valence-corrected chi connectivity index (χ1v) is 4.91. The van der Waals surface area contributed by atoms with Gasteiger partial charge in [0.1, 0.15) is 6.61 Å². The Labute approximate surface area is 102 Å². The van der Waals surface area contributed by atoms with Crippen molar-refractivity contribution >= 4 is 17.7 Å². The molecule has 0 fully saturated rings. The van der Waals surface area contributed by atoms with E-state index in [9.17, 15) is 19.7 Å². The Kier molecular flexibility index (Phi) is 4.61. The Morgan fingerprint density at radius 1 is 1.33 bits per heavy atom. The normalized spacial score (nSPS) is 9.56. The van der Waals surface area contributed by atoms with Crippen LogP contribution in [-0.4, -0.2) is 23.5 Å². The number of nitrogens with two attached hydrogens (primary N) is 1. The molecule has 8 nitrogen and oxygen atoms in total. The summed E-state index contributed by atoms with van der Waals surface area (Å²) in [7, 11) is 0. The highest BCUT2D eigenvalue weighted by Crippen LogP contribution is 2.12. The Hall–Kier alpha value is -2.64. The summed E-state index contributed by atoms with van der Waals surface area (Å²) in [6.07, 6.45) is -0.785. The molecule has 96 valence electrons. The zero-order chi connectivity index (χ0) is 13.5. The number of amides is 2. The molecule has 0 spiro atoms. The molecule has 3 N–H and O–H groups in total. The quantitative estimate of drug-likeness (QED) is 0.577. The number of hydrogen-bond donors (Lipinski definition) is 2. The highest BCUT2D eigenvalue weighted by atomic mass is 16.6. The van der Waals surface area contributed by atoms with Gasteiger partial charge in [-0.1, -0.05) is 0 Å². The lowest BCUT2D eigenvalue weighted by atomic mass is 10.2. The molecule has 1 aromatic rings. The number of hydrogen-bond acceptors (Lipinski definition) is 5. The van der Waals surface area contributed by atoms with Crippen molar-refractivity contribution < 1.29 is 19.2 Å². The number of nitrogens with zero attached hydrogens (tertiary/aromatic N) is 1. The maximum Gasteiger partial charge on any atom is 0.407 e. The second-order valence-corrected chi connectivity index (χ2v) is 3.32. The largest absolute Gasteiger partial charge is 0.445 e. The lowest BCUT2D eigenvalue weighted by molar-refractivity contribution is -0.384. The third kappa shape index (κ3) is 4.47. The lowest BCUT2D eigenvalue weighted by Gasteiger charge is -2.05. The van der Waals surface area contributed by atoms with Crippen LogP contribution in [0, 0.1) is 10.1 Å². The van der Waals surface area contributed by atoms with Gasteiger partial charge in [-0.15, -0.1) is 0 Å². The molecule has 0 aromatic heterocycles. The molecule has 0 atom stereocenters.